The molecule has 8 atom stereocenters. The zero-order chi connectivity index (χ0) is 45.8. The molecule has 25 nitrogen and oxygen atoms in total. The standard InChI is InChI=1S/C32H56N7O18P3S/c1-19(2)8-6-5-7-9-20(40)14-23(42)61-13-12-34-22(41)10-11-35-30(45)27(44)32(3,4)16-54-60(51,52)57-59(49,50)53-15-21-26(56-58(46,47)48)25(43)31(55-21)39-18-38-24-28(33)36-17-37-29(24)39/h17-21,25-27,31,40,43-44H,5-16H2,1-4H3,(H,34,41)(H,35,45)(H,49,50)(H,51,52)(H2,33,36,37)(H2,46,47,48)/t20-,21+,25+,26+,27-,31+/m0/s1. The first-order chi connectivity index (χ1) is 28.3. The van der Waals surface area contributed by atoms with Gasteiger partial charge in [0.25, 0.3) is 0 Å². The molecule has 3 rings (SSSR count). The molecule has 2 amide bonds. The number of rotatable bonds is 27. The van der Waals surface area contributed by atoms with Gasteiger partial charge in [0.15, 0.2) is 22.8 Å². The molecule has 2 unspecified atom stereocenters. The van der Waals surface area contributed by atoms with Gasteiger partial charge in [0, 0.05) is 37.1 Å². The number of phosphoric ester groups is 3. The van der Waals surface area contributed by atoms with Gasteiger partial charge in [-0.15, -0.1) is 0 Å². The summed E-state index contributed by atoms with van der Waals surface area (Å²) in [5.41, 5.74) is 4.25. The van der Waals surface area contributed by atoms with Crippen molar-refractivity contribution in [3.63, 3.8) is 0 Å². The minimum atomic E-state index is -5.58. The van der Waals surface area contributed by atoms with Gasteiger partial charge < -0.3 is 56.0 Å². The van der Waals surface area contributed by atoms with Crippen LogP contribution in [0.5, 0.6) is 0 Å². The average molecular weight is 952 g/mol. The van der Waals surface area contributed by atoms with Gasteiger partial charge in [-0.1, -0.05) is 65.1 Å². The highest BCUT2D eigenvalue weighted by Gasteiger charge is 2.50. The Balaban J connectivity index is 1.41. The van der Waals surface area contributed by atoms with Crippen LogP contribution in [-0.2, 0) is 50.7 Å². The molecule has 0 saturated carbocycles. The molecule has 0 aliphatic carbocycles. The largest absolute Gasteiger partial charge is 0.481 e. The smallest absolute Gasteiger partial charge is 0.393 e. The number of carbonyl (C=O) groups excluding carboxylic acids is 3. The molecule has 0 aromatic carbocycles. The predicted octanol–water partition coefficient (Wildman–Crippen LogP) is 1.02. The first-order valence-electron chi connectivity index (χ1n) is 19.0. The number of hydrogen-bond donors (Lipinski definition) is 10. The van der Waals surface area contributed by atoms with Gasteiger partial charge >= 0.3 is 23.5 Å². The van der Waals surface area contributed by atoms with Crippen LogP contribution >= 0.6 is 35.2 Å². The van der Waals surface area contributed by atoms with Crippen molar-refractivity contribution in [1.29, 1.82) is 0 Å². The van der Waals surface area contributed by atoms with Gasteiger partial charge in [0.05, 0.1) is 25.6 Å². The maximum atomic E-state index is 12.7. The van der Waals surface area contributed by atoms with Crippen LogP contribution in [-0.4, -0.2) is 134 Å². The summed E-state index contributed by atoms with van der Waals surface area (Å²) in [5.74, 6) is -0.602. The van der Waals surface area contributed by atoms with Crippen molar-refractivity contribution < 1.29 is 85.6 Å². The second-order valence-electron chi connectivity index (χ2n) is 15.2. The number of aliphatic hydroxyl groups excluding tert-OH is 3. The number of phosphoric acid groups is 3. The second-order valence-corrected chi connectivity index (χ2v) is 20.6. The number of nitrogens with two attached hydrogens (primary N) is 1. The molecular formula is C32H56N7O18P3S. The molecule has 348 valence electrons. The lowest BCUT2D eigenvalue weighted by atomic mass is 9.87. The fourth-order valence-corrected chi connectivity index (χ4v) is 9.33. The number of imidazole rings is 1. The van der Waals surface area contributed by atoms with Crippen molar-refractivity contribution in [1.82, 2.24) is 30.2 Å². The number of amides is 2. The maximum Gasteiger partial charge on any atom is 0.481 e. The summed E-state index contributed by atoms with van der Waals surface area (Å²) >= 11 is 0.986. The number of unbranched alkanes of at least 4 members (excludes halogenated alkanes) is 2. The maximum absolute atomic E-state index is 12.7. The van der Waals surface area contributed by atoms with Crippen molar-refractivity contribution in [2.75, 3.05) is 37.8 Å². The molecular weight excluding hydrogens is 895 g/mol. The molecule has 1 saturated heterocycles. The molecule has 3 heterocycles. The number of ether oxygens (including phenoxy) is 1. The third-order valence-corrected chi connectivity index (χ3v) is 13.0. The number of nitrogen functional groups attached to an aromatic ring is 1. The fraction of sp³-hybridized carbons (Fsp3) is 0.750. The van der Waals surface area contributed by atoms with E-state index >= 15 is 0 Å². The minimum Gasteiger partial charge on any atom is -0.393 e. The van der Waals surface area contributed by atoms with Crippen LogP contribution in [0.1, 0.15) is 78.9 Å². The molecule has 2 aromatic rings. The number of nitrogens with zero attached hydrogens (tertiary/aromatic N) is 4. The van der Waals surface area contributed by atoms with E-state index in [1.165, 1.54) is 13.8 Å². The van der Waals surface area contributed by atoms with Crippen LogP contribution in [0.4, 0.5) is 5.82 Å². The third-order valence-electron chi connectivity index (χ3n) is 8.99. The van der Waals surface area contributed by atoms with E-state index in [1.807, 2.05) is 0 Å². The first-order valence-corrected chi connectivity index (χ1v) is 24.5. The number of thioether (sulfide) groups is 1. The molecule has 0 bridgehead atoms. The van der Waals surface area contributed by atoms with E-state index in [0.717, 1.165) is 54.7 Å². The van der Waals surface area contributed by atoms with Crippen molar-refractivity contribution in [2.45, 2.75) is 109 Å². The number of aliphatic hydroxyl groups is 3. The highest BCUT2D eigenvalue weighted by molar-refractivity contribution is 8.13. The van der Waals surface area contributed by atoms with Gasteiger partial charge in [-0.3, -0.25) is 32.5 Å². The topological polar surface area (TPSA) is 384 Å². The van der Waals surface area contributed by atoms with Crippen molar-refractivity contribution in [3.8, 4) is 0 Å². The molecule has 0 radical (unpaired) electrons. The number of anilines is 1. The van der Waals surface area contributed by atoms with Crippen LogP contribution in [0.3, 0.4) is 0 Å². The van der Waals surface area contributed by atoms with Gasteiger partial charge in [-0.05, 0) is 12.3 Å². The number of hydrogen-bond acceptors (Lipinski definition) is 19. The molecule has 2 aromatic heterocycles. The Hall–Kier alpha value is -2.48. The van der Waals surface area contributed by atoms with Crippen LogP contribution in [0.25, 0.3) is 11.2 Å². The number of carbonyl (C=O) groups is 3. The third kappa shape index (κ3) is 17.9. The number of fused-ring (bicyclic) bond motifs is 1. The summed E-state index contributed by atoms with van der Waals surface area (Å²) in [7, 11) is -16.4. The quantitative estimate of drug-likeness (QED) is 0.0441. The molecule has 29 heteroatoms. The van der Waals surface area contributed by atoms with Crippen LogP contribution in [0.2, 0.25) is 0 Å². The molecule has 1 aliphatic heterocycles. The Morgan fingerprint density at radius 2 is 1.66 bits per heavy atom. The zero-order valence-electron chi connectivity index (χ0n) is 33.9. The highest BCUT2D eigenvalue weighted by atomic mass is 32.2. The Kier molecular flexibility index (Phi) is 20.3. The van der Waals surface area contributed by atoms with Crippen molar-refractivity contribution >= 4 is 69.1 Å². The van der Waals surface area contributed by atoms with E-state index in [-0.39, 0.29) is 53.8 Å². The van der Waals surface area contributed by atoms with Gasteiger partial charge in [0.2, 0.25) is 11.8 Å². The van der Waals surface area contributed by atoms with Gasteiger partial charge in [0.1, 0.15) is 36.3 Å². The van der Waals surface area contributed by atoms with E-state index in [1.54, 1.807) is 0 Å². The summed E-state index contributed by atoms with van der Waals surface area (Å²) in [6, 6.07) is 0. The molecule has 11 N–H and O–H groups in total. The van der Waals surface area contributed by atoms with E-state index < -0.39 is 90.7 Å². The van der Waals surface area contributed by atoms with E-state index in [0.29, 0.717) is 12.3 Å². The highest BCUT2D eigenvalue weighted by Crippen LogP contribution is 2.61. The number of nitrogens with one attached hydrogen (secondary N) is 2. The Labute approximate surface area is 355 Å². The Morgan fingerprint density at radius 3 is 2.33 bits per heavy atom. The van der Waals surface area contributed by atoms with Crippen LogP contribution in [0.15, 0.2) is 12.7 Å². The molecule has 0 spiro atoms. The molecule has 1 aliphatic rings. The minimum absolute atomic E-state index is 0.0185. The normalized spacial score (nSPS) is 21.5. The lowest BCUT2D eigenvalue weighted by molar-refractivity contribution is -0.137. The predicted molar refractivity (Wildman–Crippen MR) is 216 cm³/mol. The first kappa shape index (κ1) is 52.9. The summed E-state index contributed by atoms with van der Waals surface area (Å²) in [5, 5.41) is 36.3. The summed E-state index contributed by atoms with van der Waals surface area (Å²) < 4.78 is 62.2. The fourth-order valence-electron chi connectivity index (χ4n) is 5.76. The number of aromatic nitrogens is 4. The van der Waals surface area contributed by atoms with Crippen molar-refractivity contribution in [3.05, 3.63) is 12.7 Å². The SMILES string of the molecule is CC(C)CCCCC[C@H](O)CC(=O)SCCNC(=O)CCNC(=O)[C@H](O)C(C)(C)COP(=O)(O)OP(=O)(O)OC[C@H]1O[C@@H](n2cnc3c(N)ncnc32)[C@H](O)[C@@H]1OP(=O)(O)O. The van der Waals surface area contributed by atoms with E-state index in [2.05, 4.69) is 48.3 Å². The summed E-state index contributed by atoms with van der Waals surface area (Å²) in [4.78, 5) is 88.0. The summed E-state index contributed by atoms with van der Waals surface area (Å²) in [6.07, 6.45) is -3.10. The second kappa shape index (κ2) is 23.4. The zero-order valence-corrected chi connectivity index (χ0v) is 37.4. The average Bonchev–Trinajstić information content (AvgIpc) is 3.71. The van der Waals surface area contributed by atoms with Crippen LogP contribution < -0.4 is 16.4 Å². The molecule has 1 fully saturated rings. The van der Waals surface area contributed by atoms with Crippen LogP contribution in [0, 0.1) is 11.3 Å². The monoisotopic (exact) mass is 951 g/mol. The summed E-state index contributed by atoms with van der Waals surface area (Å²) in [6.45, 7) is 4.69. The van der Waals surface area contributed by atoms with E-state index in [9.17, 15) is 63.0 Å². The van der Waals surface area contributed by atoms with Gasteiger partial charge in [-0.2, -0.15) is 4.31 Å². The van der Waals surface area contributed by atoms with E-state index in [4.69, 9.17) is 19.5 Å². The van der Waals surface area contributed by atoms with Crippen molar-refractivity contribution in [2.24, 2.45) is 11.3 Å². The lowest BCUT2D eigenvalue weighted by Gasteiger charge is -2.30. The molecule has 61 heavy (non-hydrogen) atoms. The van der Waals surface area contributed by atoms with Gasteiger partial charge in [-0.25, -0.2) is 28.6 Å². The Bertz CT molecular complexity index is 1920. The Morgan fingerprint density at radius 1 is 0.984 bits per heavy atom. The lowest BCUT2D eigenvalue weighted by Crippen LogP contribution is -2.46.